The standard InChI is InChI=1S/C14H19ClFN/c1-2-13(7-10-3-4-10)17-9-11-5-6-12(16)8-14(11)15/h5-6,8,10,13,17H,2-4,7,9H2,1H3. The van der Waals surface area contributed by atoms with Crippen LogP contribution in [0.4, 0.5) is 4.39 Å². The average Bonchev–Trinajstić information content (AvgIpc) is 3.10. The van der Waals surface area contributed by atoms with Gasteiger partial charge in [0.15, 0.2) is 0 Å². The zero-order chi connectivity index (χ0) is 12.3. The molecule has 1 aromatic carbocycles. The molecule has 0 aliphatic heterocycles. The van der Waals surface area contributed by atoms with Crippen LogP contribution >= 0.6 is 11.6 Å². The molecule has 0 aromatic heterocycles. The third kappa shape index (κ3) is 3.97. The van der Waals surface area contributed by atoms with Crippen molar-refractivity contribution in [2.75, 3.05) is 0 Å². The van der Waals surface area contributed by atoms with Crippen molar-refractivity contribution >= 4 is 11.6 Å². The summed E-state index contributed by atoms with van der Waals surface area (Å²) >= 11 is 5.99. The Morgan fingerprint density at radius 2 is 2.24 bits per heavy atom. The predicted octanol–water partition coefficient (Wildman–Crippen LogP) is 4.15. The fraction of sp³-hybridized carbons (Fsp3) is 0.571. The van der Waals surface area contributed by atoms with Crippen molar-refractivity contribution in [1.82, 2.24) is 5.32 Å². The molecule has 1 unspecified atom stereocenters. The van der Waals surface area contributed by atoms with Crippen molar-refractivity contribution in [2.45, 2.75) is 45.2 Å². The number of benzene rings is 1. The van der Waals surface area contributed by atoms with Crippen molar-refractivity contribution < 1.29 is 4.39 Å². The highest BCUT2D eigenvalue weighted by atomic mass is 35.5. The molecule has 0 spiro atoms. The second-order valence-electron chi connectivity index (χ2n) is 4.90. The lowest BCUT2D eigenvalue weighted by Crippen LogP contribution is -2.28. The molecule has 1 aliphatic rings. The molecule has 94 valence electrons. The number of nitrogens with one attached hydrogen (secondary N) is 1. The highest BCUT2D eigenvalue weighted by Crippen LogP contribution is 2.34. The summed E-state index contributed by atoms with van der Waals surface area (Å²) in [5.41, 5.74) is 0.974. The van der Waals surface area contributed by atoms with Gasteiger partial charge in [0, 0.05) is 17.6 Å². The summed E-state index contributed by atoms with van der Waals surface area (Å²) < 4.78 is 12.9. The Morgan fingerprint density at radius 3 is 2.82 bits per heavy atom. The predicted molar refractivity (Wildman–Crippen MR) is 69.7 cm³/mol. The monoisotopic (exact) mass is 255 g/mol. The third-order valence-electron chi connectivity index (χ3n) is 3.40. The smallest absolute Gasteiger partial charge is 0.124 e. The second kappa shape index (κ2) is 5.83. The van der Waals surface area contributed by atoms with Gasteiger partial charge in [-0.05, 0) is 36.5 Å². The van der Waals surface area contributed by atoms with Crippen molar-refractivity contribution in [2.24, 2.45) is 5.92 Å². The van der Waals surface area contributed by atoms with E-state index in [2.05, 4.69) is 12.2 Å². The van der Waals surface area contributed by atoms with Crippen LogP contribution in [0.5, 0.6) is 0 Å². The molecular weight excluding hydrogens is 237 g/mol. The third-order valence-corrected chi connectivity index (χ3v) is 3.76. The minimum Gasteiger partial charge on any atom is -0.310 e. The first-order chi connectivity index (χ1) is 8.19. The summed E-state index contributed by atoms with van der Waals surface area (Å²) in [6, 6.07) is 5.16. The molecule has 0 amide bonds. The van der Waals surface area contributed by atoms with Gasteiger partial charge in [-0.2, -0.15) is 0 Å². The summed E-state index contributed by atoms with van der Waals surface area (Å²) in [5.74, 6) is 0.653. The Balaban J connectivity index is 1.86. The van der Waals surface area contributed by atoms with Crippen molar-refractivity contribution in [1.29, 1.82) is 0 Å². The highest BCUT2D eigenvalue weighted by Gasteiger charge is 2.24. The number of rotatable bonds is 6. The summed E-state index contributed by atoms with van der Waals surface area (Å²) in [4.78, 5) is 0. The van der Waals surface area contributed by atoms with Crippen LogP contribution in [0.25, 0.3) is 0 Å². The minimum atomic E-state index is -0.274. The minimum absolute atomic E-state index is 0.274. The lowest BCUT2D eigenvalue weighted by molar-refractivity contribution is 0.445. The van der Waals surface area contributed by atoms with E-state index >= 15 is 0 Å². The zero-order valence-electron chi connectivity index (χ0n) is 10.2. The summed E-state index contributed by atoms with van der Waals surface area (Å²) in [6.45, 7) is 2.93. The topological polar surface area (TPSA) is 12.0 Å². The molecule has 0 radical (unpaired) electrons. The van der Waals surface area contributed by atoms with Crippen LogP contribution in [0, 0.1) is 11.7 Å². The second-order valence-corrected chi connectivity index (χ2v) is 5.31. The van der Waals surface area contributed by atoms with Gasteiger partial charge in [-0.15, -0.1) is 0 Å². The maximum absolute atomic E-state index is 12.9. The zero-order valence-corrected chi connectivity index (χ0v) is 10.9. The highest BCUT2D eigenvalue weighted by molar-refractivity contribution is 6.31. The van der Waals surface area contributed by atoms with Gasteiger partial charge < -0.3 is 5.32 Å². The van der Waals surface area contributed by atoms with Gasteiger partial charge in [-0.25, -0.2) is 4.39 Å². The average molecular weight is 256 g/mol. The Bertz CT molecular complexity index is 376. The quantitative estimate of drug-likeness (QED) is 0.805. The molecule has 2 rings (SSSR count). The van der Waals surface area contributed by atoms with E-state index in [9.17, 15) is 4.39 Å². The summed E-state index contributed by atoms with van der Waals surface area (Å²) in [7, 11) is 0. The van der Waals surface area contributed by atoms with E-state index in [1.54, 1.807) is 6.07 Å². The van der Waals surface area contributed by atoms with Gasteiger partial charge in [0.1, 0.15) is 5.82 Å². The molecule has 1 aromatic rings. The molecule has 1 fully saturated rings. The summed E-state index contributed by atoms with van der Waals surface area (Å²) in [5, 5.41) is 4.02. The van der Waals surface area contributed by atoms with E-state index in [4.69, 9.17) is 11.6 Å². The van der Waals surface area contributed by atoms with Gasteiger partial charge in [0.2, 0.25) is 0 Å². The fourth-order valence-corrected chi connectivity index (χ4v) is 2.30. The van der Waals surface area contributed by atoms with Crippen molar-refractivity contribution in [3.8, 4) is 0 Å². The first-order valence-electron chi connectivity index (χ1n) is 6.36. The molecule has 17 heavy (non-hydrogen) atoms. The molecule has 1 N–H and O–H groups in total. The van der Waals surface area contributed by atoms with Crippen LogP contribution in [0.15, 0.2) is 18.2 Å². The molecule has 1 saturated carbocycles. The van der Waals surface area contributed by atoms with E-state index in [0.29, 0.717) is 11.1 Å². The Morgan fingerprint density at radius 1 is 1.47 bits per heavy atom. The van der Waals surface area contributed by atoms with Crippen LogP contribution in [-0.2, 0) is 6.54 Å². The summed E-state index contributed by atoms with van der Waals surface area (Å²) in [6.07, 6.45) is 5.16. The number of hydrogen-bond donors (Lipinski definition) is 1. The molecule has 0 saturated heterocycles. The van der Waals surface area contributed by atoms with E-state index in [-0.39, 0.29) is 5.82 Å². The molecule has 0 heterocycles. The van der Waals surface area contributed by atoms with Crippen LogP contribution in [0.3, 0.4) is 0 Å². The largest absolute Gasteiger partial charge is 0.310 e. The van der Waals surface area contributed by atoms with Gasteiger partial charge >= 0.3 is 0 Å². The van der Waals surface area contributed by atoms with Crippen LogP contribution in [-0.4, -0.2) is 6.04 Å². The molecular formula is C14H19ClFN. The van der Waals surface area contributed by atoms with Gasteiger partial charge in [-0.1, -0.05) is 37.4 Å². The maximum atomic E-state index is 12.9. The number of hydrogen-bond acceptors (Lipinski definition) is 1. The Hall–Kier alpha value is -0.600. The number of halogens is 2. The van der Waals surface area contributed by atoms with E-state index < -0.39 is 0 Å². The molecule has 1 nitrogen and oxygen atoms in total. The van der Waals surface area contributed by atoms with Crippen molar-refractivity contribution in [3.63, 3.8) is 0 Å². The molecule has 3 heteroatoms. The van der Waals surface area contributed by atoms with E-state index in [0.717, 1.165) is 24.4 Å². The van der Waals surface area contributed by atoms with E-state index in [1.165, 1.54) is 31.4 Å². The molecule has 1 atom stereocenters. The van der Waals surface area contributed by atoms with Gasteiger partial charge in [-0.3, -0.25) is 0 Å². The van der Waals surface area contributed by atoms with Gasteiger partial charge in [0.05, 0.1) is 0 Å². The molecule has 1 aliphatic carbocycles. The van der Waals surface area contributed by atoms with Crippen LogP contribution in [0.1, 0.15) is 38.2 Å². The van der Waals surface area contributed by atoms with Crippen molar-refractivity contribution in [3.05, 3.63) is 34.6 Å². The fourth-order valence-electron chi connectivity index (χ4n) is 2.07. The van der Waals surface area contributed by atoms with Crippen LogP contribution < -0.4 is 5.32 Å². The van der Waals surface area contributed by atoms with E-state index in [1.807, 2.05) is 0 Å². The molecule has 0 bridgehead atoms. The maximum Gasteiger partial charge on any atom is 0.124 e. The van der Waals surface area contributed by atoms with Gasteiger partial charge in [0.25, 0.3) is 0 Å². The Kier molecular flexibility index (Phi) is 4.41. The lowest BCUT2D eigenvalue weighted by atomic mass is 10.1. The first kappa shape index (κ1) is 12.8. The lowest BCUT2D eigenvalue weighted by Gasteiger charge is -2.17. The first-order valence-corrected chi connectivity index (χ1v) is 6.74. The Labute approximate surface area is 107 Å². The normalized spacial score (nSPS) is 17.1. The SMILES string of the molecule is CCC(CC1CC1)NCc1ccc(F)cc1Cl. The van der Waals surface area contributed by atoms with Crippen LogP contribution in [0.2, 0.25) is 5.02 Å².